The highest BCUT2D eigenvalue weighted by atomic mass is 15.5. The molecule has 3 aromatic rings. The Balaban J connectivity index is 1.76. The van der Waals surface area contributed by atoms with Crippen LogP contribution < -0.4 is 0 Å². The van der Waals surface area contributed by atoms with Crippen molar-refractivity contribution in [2.24, 2.45) is 0 Å². The summed E-state index contributed by atoms with van der Waals surface area (Å²) in [6.45, 7) is 14.5. The van der Waals surface area contributed by atoms with Gasteiger partial charge in [0.05, 0.1) is 40.6 Å². The number of aromatic nitrogens is 9. The molecule has 0 radical (unpaired) electrons. The van der Waals surface area contributed by atoms with Gasteiger partial charge >= 0.3 is 0 Å². The molecule has 0 bridgehead atoms. The summed E-state index contributed by atoms with van der Waals surface area (Å²) in [5.74, 6) is 0. The third-order valence-electron chi connectivity index (χ3n) is 4.08. The minimum atomic E-state index is -0.0996. The van der Waals surface area contributed by atoms with Gasteiger partial charge in [-0.15, -0.1) is 15.3 Å². The highest BCUT2D eigenvalue weighted by molar-refractivity contribution is 5.00. The second-order valence-corrected chi connectivity index (χ2v) is 8.76. The quantitative estimate of drug-likeness (QED) is 0.702. The van der Waals surface area contributed by atoms with E-state index in [-0.39, 0.29) is 11.1 Å². The van der Waals surface area contributed by atoms with E-state index < -0.39 is 0 Å². The number of aromatic amines is 1. The summed E-state index contributed by atoms with van der Waals surface area (Å²) in [6.07, 6.45) is 5.77. The fourth-order valence-corrected chi connectivity index (χ4v) is 2.55. The van der Waals surface area contributed by atoms with Crippen LogP contribution in [0.5, 0.6) is 0 Å². The first kappa shape index (κ1) is 19.2. The van der Waals surface area contributed by atoms with E-state index in [2.05, 4.69) is 82.5 Å². The minimum absolute atomic E-state index is 0.0996. The number of hydrogen-bond donors (Lipinski definition) is 1. The molecular formula is C17H28N10. The zero-order valence-corrected chi connectivity index (χ0v) is 16.9. The van der Waals surface area contributed by atoms with Crippen molar-refractivity contribution < 1.29 is 0 Å². The van der Waals surface area contributed by atoms with Gasteiger partial charge in [0.25, 0.3) is 0 Å². The maximum atomic E-state index is 4.32. The molecule has 0 aliphatic carbocycles. The van der Waals surface area contributed by atoms with Crippen molar-refractivity contribution in [2.75, 3.05) is 0 Å². The van der Waals surface area contributed by atoms with Crippen molar-refractivity contribution in [3.05, 3.63) is 35.7 Å². The average Bonchev–Trinajstić information content (AvgIpc) is 3.26. The zero-order chi connectivity index (χ0) is 19.7. The van der Waals surface area contributed by atoms with E-state index in [1.807, 2.05) is 21.8 Å². The smallest absolute Gasteiger partial charge is 0.0967 e. The van der Waals surface area contributed by atoms with Crippen LogP contribution in [0.1, 0.15) is 58.6 Å². The normalized spacial score (nSPS) is 12.9. The van der Waals surface area contributed by atoms with Crippen LogP contribution in [0.25, 0.3) is 0 Å². The summed E-state index contributed by atoms with van der Waals surface area (Å²) in [7, 11) is 0. The summed E-state index contributed by atoms with van der Waals surface area (Å²) in [4.78, 5) is 2.20. The van der Waals surface area contributed by atoms with Crippen molar-refractivity contribution in [1.82, 2.24) is 50.3 Å². The number of nitrogens with zero attached hydrogens (tertiary/aromatic N) is 9. The van der Waals surface area contributed by atoms with Crippen molar-refractivity contribution in [3.8, 4) is 0 Å². The molecule has 0 aliphatic rings. The van der Waals surface area contributed by atoms with Gasteiger partial charge in [0.1, 0.15) is 0 Å². The molecule has 3 rings (SSSR count). The Morgan fingerprint density at radius 2 is 1.26 bits per heavy atom. The highest BCUT2D eigenvalue weighted by Crippen LogP contribution is 2.16. The van der Waals surface area contributed by atoms with Crippen LogP contribution >= 0.6 is 0 Å². The molecule has 0 amide bonds. The van der Waals surface area contributed by atoms with Crippen LogP contribution in [0, 0.1) is 0 Å². The van der Waals surface area contributed by atoms with Gasteiger partial charge in [-0.1, -0.05) is 15.6 Å². The first-order valence-electron chi connectivity index (χ1n) is 9.02. The molecule has 3 heterocycles. The predicted molar refractivity (Wildman–Crippen MR) is 99.4 cm³/mol. The zero-order valence-electron chi connectivity index (χ0n) is 16.9. The third-order valence-corrected chi connectivity index (χ3v) is 4.08. The second-order valence-electron chi connectivity index (χ2n) is 8.76. The topological polar surface area (TPSA) is 106 Å². The molecule has 0 saturated heterocycles. The van der Waals surface area contributed by atoms with Crippen LogP contribution in [0.3, 0.4) is 0 Å². The Kier molecular flexibility index (Phi) is 5.09. The van der Waals surface area contributed by atoms with Crippen molar-refractivity contribution in [1.29, 1.82) is 0 Å². The Morgan fingerprint density at radius 3 is 1.63 bits per heavy atom. The maximum Gasteiger partial charge on any atom is 0.0967 e. The number of hydrogen-bond acceptors (Lipinski definition) is 7. The van der Waals surface area contributed by atoms with Gasteiger partial charge in [-0.05, 0) is 41.5 Å². The molecule has 27 heavy (non-hydrogen) atoms. The van der Waals surface area contributed by atoms with Gasteiger partial charge in [-0.2, -0.15) is 0 Å². The monoisotopic (exact) mass is 372 g/mol. The molecule has 0 aromatic carbocycles. The van der Waals surface area contributed by atoms with E-state index in [1.165, 1.54) is 0 Å². The van der Waals surface area contributed by atoms with Gasteiger partial charge in [0.2, 0.25) is 0 Å². The molecule has 0 unspecified atom stereocenters. The van der Waals surface area contributed by atoms with Crippen molar-refractivity contribution >= 4 is 0 Å². The molecular weight excluding hydrogens is 344 g/mol. The molecule has 10 heteroatoms. The van der Waals surface area contributed by atoms with E-state index in [1.54, 1.807) is 6.20 Å². The van der Waals surface area contributed by atoms with Crippen molar-refractivity contribution in [2.45, 2.75) is 72.3 Å². The number of nitrogens with one attached hydrogen (secondary N) is 1. The fourth-order valence-electron chi connectivity index (χ4n) is 2.55. The molecule has 0 fully saturated rings. The Bertz CT molecular complexity index is 793. The number of rotatable bonds is 6. The molecule has 0 saturated carbocycles. The Labute approximate surface area is 158 Å². The Morgan fingerprint density at radius 1 is 0.778 bits per heavy atom. The molecule has 10 nitrogen and oxygen atoms in total. The molecule has 0 spiro atoms. The summed E-state index contributed by atoms with van der Waals surface area (Å²) in [6, 6.07) is 0. The van der Waals surface area contributed by atoms with Crippen LogP contribution in [0.4, 0.5) is 0 Å². The number of H-pyrrole nitrogens is 1. The van der Waals surface area contributed by atoms with Crippen molar-refractivity contribution in [3.63, 3.8) is 0 Å². The van der Waals surface area contributed by atoms with Gasteiger partial charge in [-0.25, -0.2) is 9.36 Å². The maximum absolute atomic E-state index is 4.32. The van der Waals surface area contributed by atoms with E-state index in [4.69, 9.17) is 0 Å². The summed E-state index contributed by atoms with van der Waals surface area (Å²) in [5.41, 5.74) is 2.46. The van der Waals surface area contributed by atoms with Gasteiger partial charge < -0.3 is 0 Å². The fraction of sp³-hybridized carbons (Fsp3) is 0.647. The van der Waals surface area contributed by atoms with E-state index in [0.29, 0.717) is 19.6 Å². The summed E-state index contributed by atoms with van der Waals surface area (Å²) in [5, 5.41) is 27.8. The van der Waals surface area contributed by atoms with Crippen LogP contribution in [-0.2, 0) is 30.7 Å². The molecule has 1 N–H and O–H groups in total. The molecule has 0 atom stereocenters. The largest absolute Gasteiger partial charge is 0.285 e. The lowest BCUT2D eigenvalue weighted by molar-refractivity contribution is 0.238. The molecule has 146 valence electrons. The first-order valence-corrected chi connectivity index (χ1v) is 9.02. The van der Waals surface area contributed by atoms with Crippen LogP contribution in [0.15, 0.2) is 18.6 Å². The van der Waals surface area contributed by atoms with Gasteiger partial charge in [-0.3, -0.25) is 10.00 Å². The minimum Gasteiger partial charge on any atom is -0.285 e. The lowest BCUT2D eigenvalue weighted by Gasteiger charge is -2.20. The van der Waals surface area contributed by atoms with Crippen LogP contribution in [0.2, 0.25) is 0 Å². The predicted octanol–water partition coefficient (Wildman–Crippen LogP) is 1.70. The standard InChI is InChI=1S/C17H28N10/c1-16(2,3)26-11-14(20-23-26)9-25(8-13-7-18-22-19-13)10-15-12-27(24-21-15)17(4,5)6/h7,11-12H,8-10H2,1-6H3,(H,18,19,22). The highest BCUT2D eigenvalue weighted by Gasteiger charge is 2.19. The van der Waals surface area contributed by atoms with Gasteiger partial charge in [0, 0.05) is 25.8 Å². The second kappa shape index (κ2) is 7.18. The lowest BCUT2D eigenvalue weighted by atomic mass is 10.1. The van der Waals surface area contributed by atoms with E-state index in [0.717, 1.165) is 17.1 Å². The van der Waals surface area contributed by atoms with Crippen LogP contribution in [-0.4, -0.2) is 50.3 Å². The lowest BCUT2D eigenvalue weighted by Crippen LogP contribution is -2.24. The first-order chi connectivity index (χ1) is 12.6. The molecule has 3 aromatic heterocycles. The average molecular weight is 372 g/mol. The Hall–Kier alpha value is -2.62. The van der Waals surface area contributed by atoms with E-state index in [9.17, 15) is 0 Å². The molecule has 0 aliphatic heterocycles. The van der Waals surface area contributed by atoms with Gasteiger partial charge in [0.15, 0.2) is 0 Å². The SMILES string of the molecule is CC(C)(C)n1cc(CN(Cc2c[nH]nn2)Cc2cn(C(C)(C)C)nn2)nn1. The summed E-state index contributed by atoms with van der Waals surface area (Å²) < 4.78 is 3.76. The summed E-state index contributed by atoms with van der Waals surface area (Å²) >= 11 is 0. The van der Waals surface area contributed by atoms with E-state index >= 15 is 0 Å². The third kappa shape index (κ3) is 4.97.